The van der Waals surface area contributed by atoms with Gasteiger partial charge in [-0.1, -0.05) is 11.6 Å². The van der Waals surface area contributed by atoms with Gasteiger partial charge in [-0.2, -0.15) is 13.2 Å². The van der Waals surface area contributed by atoms with Gasteiger partial charge in [0.1, 0.15) is 5.60 Å². The van der Waals surface area contributed by atoms with Crippen LogP contribution in [0.25, 0.3) is 0 Å². The number of hydrogen-bond acceptors (Lipinski definition) is 4. The van der Waals surface area contributed by atoms with E-state index in [1.807, 2.05) is 0 Å². The summed E-state index contributed by atoms with van der Waals surface area (Å²) in [7, 11) is 0. The lowest BCUT2D eigenvalue weighted by molar-refractivity contribution is -0.158. The quantitative estimate of drug-likeness (QED) is 0.582. The Hall–Kier alpha value is -2.00. The minimum Gasteiger partial charge on any atom is -0.444 e. The molecule has 3 atom stereocenters. The number of halogens is 4. The molecule has 10 heteroatoms. The maximum Gasteiger partial charge on any atom is 0.416 e. The Morgan fingerprint density at radius 2 is 1.81 bits per heavy atom. The van der Waals surface area contributed by atoms with E-state index in [1.165, 1.54) is 4.90 Å². The largest absolute Gasteiger partial charge is 0.444 e. The summed E-state index contributed by atoms with van der Waals surface area (Å²) in [4.78, 5) is 28.8. The van der Waals surface area contributed by atoms with Crippen LogP contribution in [0, 0.1) is 0 Å². The monoisotopic (exact) mass is 476 g/mol. The number of alkyl halides is 3. The number of carbonyl (C=O) groups is 2. The summed E-state index contributed by atoms with van der Waals surface area (Å²) >= 11 is 6.21. The van der Waals surface area contributed by atoms with Crippen LogP contribution in [0.1, 0.15) is 57.4 Å². The Labute approximate surface area is 190 Å². The topological polar surface area (TPSA) is 59.1 Å². The van der Waals surface area contributed by atoms with Gasteiger partial charge in [0.2, 0.25) is 0 Å². The predicted octanol–water partition coefficient (Wildman–Crippen LogP) is 4.83. The Morgan fingerprint density at radius 1 is 1.16 bits per heavy atom. The summed E-state index contributed by atoms with van der Waals surface area (Å²) in [6.07, 6.45) is -6.05. The van der Waals surface area contributed by atoms with Crippen molar-refractivity contribution >= 4 is 23.6 Å². The van der Waals surface area contributed by atoms with Gasteiger partial charge < -0.3 is 19.3 Å². The summed E-state index contributed by atoms with van der Waals surface area (Å²) in [5, 5.41) is -0.0202. The average molecular weight is 477 g/mol. The van der Waals surface area contributed by atoms with Crippen LogP contribution in [-0.4, -0.2) is 59.2 Å². The van der Waals surface area contributed by atoms with Crippen molar-refractivity contribution in [2.45, 2.75) is 71.1 Å². The van der Waals surface area contributed by atoms with Crippen LogP contribution < -0.4 is 0 Å². The fraction of sp³-hybridized carbons (Fsp3) is 0.636. The molecule has 0 bridgehead atoms. The Morgan fingerprint density at radius 3 is 2.41 bits per heavy atom. The van der Waals surface area contributed by atoms with E-state index in [0.717, 1.165) is 12.1 Å². The fourth-order valence-corrected chi connectivity index (χ4v) is 4.55. The molecule has 0 N–H and O–H groups in total. The van der Waals surface area contributed by atoms with E-state index < -0.39 is 35.6 Å². The number of benzene rings is 1. The van der Waals surface area contributed by atoms with E-state index in [2.05, 4.69) is 0 Å². The molecule has 2 amide bonds. The molecule has 2 aliphatic heterocycles. The highest BCUT2D eigenvalue weighted by Crippen LogP contribution is 2.40. The molecular weight excluding hydrogens is 449 g/mol. The molecule has 2 aliphatic rings. The second-order valence-electron chi connectivity index (χ2n) is 9.31. The van der Waals surface area contributed by atoms with Gasteiger partial charge in [0.05, 0.1) is 30.8 Å². The van der Waals surface area contributed by atoms with Crippen molar-refractivity contribution in [3.8, 4) is 0 Å². The molecule has 0 unspecified atom stereocenters. The summed E-state index contributed by atoms with van der Waals surface area (Å²) in [6, 6.07) is 1.47. The van der Waals surface area contributed by atoms with E-state index in [-0.39, 0.29) is 36.5 Å². The third-order valence-electron chi connectivity index (χ3n) is 5.52. The standard InChI is InChI=1S/C22H28ClF3N2O4/c1-12-10-27(20(30)32-21(3,4)5)11-17(31-12)19(29)28-7-6-14-8-15(22(24,25)26)9-16(23)18(14)13(28)2/h8-9,12-13,17H,6-7,10-11H2,1-5H3/t12-,13+,17-/m1/s1. The predicted molar refractivity (Wildman–Crippen MR) is 112 cm³/mol. The maximum absolute atomic E-state index is 13.3. The third kappa shape index (κ3) is 5.31. The van der Waals surface area contributed by atoms with Gasteiger partial charge in [-0.3, -0.25) is 4.79 Å². The van der Waals surface area contributed by atoms with Crippen LogP contribution in [0.2, 0.25) is 5.02 Å². The molecule has 2 heterocycles. The number of carbonyl (C=O) groups excluding carboxylic acids is 2. The number of amides is 2. The van der Waals surface area contributed by atoms with Gasteiger partial charge in [-0.15, -0.1) is 0 Å². The number of ether oxygens (including phenoxy) is 2. The van der Waals surface area contributed by atoms with E-state index in [1.54, 1.807) is 39.5 Å². The number of hydrogen-bond donors (Lipinski definition) is 0. The van der Waals surface area contributed by atoms with Crippen molar-refractivity contribution in [3.05, 3.63) is 33.8 Å². The second kappa shape index (κ2) is 8.74. The SMILES string of the molecule is C[C@@H]1CN(C(=O)OC(C)(C)C)C[C@H](C(=O)N2CCc3cc(C(F)(F)F)cc(Cl)c3[C@@H]2C)O1. The number of rotatable bonds is 1. The van der Waals surface area contributed by atoms with Crippen LogP contribution in [0.5, 0.6) is 0 Å². The van der Waals surface area contributed by atoms with E-state index >= 15 is 0 Å². The molecule has 0 saturated carbocycles. The zero-order valence-corrected chi connectivity index (χ0v) is 19.5. The van der Waals surface area contributed by atoms with Crippen molar-refractivity contribution in [2.24, 2.45) is 0 Å². The summed E-state index contributed by atoms with van der Waals surface area (Å²) in [6.45, 7) is 9.34. The molecule has 6 nitrogen and oxygen atoms in total. The summed E-state index contributed by atoms with van der Waals surface area (Å²) < 4.78 is 50.7. The molecule has 1 aromatic carbocycles. The molecule has 1 fully saturated rings. The van der Waals surface area contributed by atoms with E-state index in [0.29, 0.717) is 17.7 Å². The molecule has 0 spiro atoms. The zero-order chi connectivity index (χ0) is 24.0. The molecule has 1 saturated heterocycles. The van der Waals surface area contributed by atoms with Crippen LogP contribution >= 0.6 is 11.6 Å². The van der Waals surface area contributed by atoms with Crippen molar-refractivity contribution in [1.82, 2.24) is 9.80 Å². The van der Waals surface area contributed by atoms with Crippen molar-refractivity contribution in [1.29, 1.82) is 0 Å². The first-order valence-electron chi connectivity index (χ1n) is 10.5. The number of fused-ring (bicyclic) bond motifs is 1. The van der Waals surface area contributed by atoms with Crippen molar-refractivity contribution in [3.63, 3.8) is 0 Å². The lowest BCUT2D eigenvalue weighted by Gasteiger charge is -2.41. The summed E-state index contributed by atoms with van der Waals surface area (Å²) in [5.41, 5.74) is -0.484. The van der Waals surface area contributed by atoms with Crippen LogP contribution in [-0.2, 0) is 26.9 Å². The van der Waals surface area contributed by atoms with E-state index in [9.17, 15) is 22.8 Å². The van der Waals surface area contributed by atoms with Crippen LogP contribution in [0.15, 0.2) is 12.1 Å². The molecule has 0 aromatic heterocycles. The van der Waals surface area contributed by atoms with Crippen molar-refractivity contribution < 1.29 is 32.2 Å². The average Bonchev–Trinajstić information content (AvgIpc) is 2.64. The Bertz CT molecular complexity index is 900. The third-order valence-corrected chi connectivity index (χ3v) is 5.83. The molecule has 178 valence electrons. The lowest BCUT2D eigenvalue weighted by Crippen LogP contribution is -2.56. The zero-order valence-electron chi connectivity index (χ0n) is 18.8. The molecule has 32 heavy (non-hydrogen) atoms. The van der Waals surface area contributed by atoms with Gasteiger partial charge >= 0.3 is 12.3 Å². The highest BCUT2D eigenvalue weighted by molar-refractivity contribution is 6.31. The highest BCUT2D eigenvalue weighted by Gasteiger charge is 2.40. The highest BCUT2D eigenvalue weighted by atomic mass is 35.5. The maximum atomic E-state index is 13.3. The van der Waals surface area contributed by atoms with Crippen molar-refractivity contribution in [2.75, 3.05) is 19.6 Å². The van der Waals surface area contributed by atoms with E-state index in [4.69, 9.17) is 21.1 Å². The number of nitrogens with zero attached hydrogens (tertiary/aromatic N) is 2. The molecule has 3 rings (SSSR count). The second-order valence-corrected chi connectivity index (χ2v) is 9.71. The minimum absolute atomic E-state index is 0.0202. The molecular formula is C22H28ClF3N2O4. The summed E-state index contributed by atoms with van der Waals surface area (Å²) in [5.74, 6) is -0.334. The molecule has 1 aromatic rings. The minimum atomic E-state index is -4.49. The van der Waals surface area contributed by atoms with Gasteiger partial charge in [0.25, 0.3) is 5.91 Å². The smallest absolute Gasteiger partial charge is 0.416 e. The van der Waals surface area contributed by atoms with Gasteiger partial charge in [0, 0.05) is 11.6 Å². The van der Waals surface area contributed by atoms with Gasteiger partial charge in [0.15, 0.2) is 6.10 Å². The number of morpholine rings is 1. The van der Waals surface area contributed by atoms with Gasteiger partial charge in [-0.05, 0) is 64.3 Å². The molecule has 0 aliphatic carbocycles. The van der Waals surface area contributed by atoms with Crippen LogP contribution in [0.3, 0.4) is 0 Å². The van der Waals surface area contributed by atoms with Crippen LogP contribution in [0.4, 0.5) is 18.0 Å². The van der Waals surface area contributed by atoms with Gasteiger partial charge in [-0.25, -0.2) is 4.79 Å². The first-order chi connectivity index (χ1) is 14.7. The first-order valence-corrected chi connectivity index (χ1v) is 10.9. The lowest BCUT2D eigenvalue weighted by atomic mass is 9.91. The first kappa shape index (κ1) is 24.6. The Kier molecular flexibility index (Phi) is 6.73. The normalized spacial score (nSPS) is 24.2. The fourth-order valence-electron chi connectivity index (χ4n) is 4.15. The molecule has 0 radical (unpaired) electrons. The Balaban J connectivity index is 1.79.